The van der Waals surface area contributed by atoms with Crippen LogP contribution in [0.25, 0.3) is 0 Å². The van der Waals surface area contributed by atoms with Crippen molar-refractivity contribution < 1.29 is 4.79 Å². The summed E-state index contributed by atoms with van der Waals surface area (Å²) in [7, 11) is 0. The highest BCUT2D eigenvalue weighted by atomic mass is 32.1. The van der Waals surface area contributed by atoms with E-state index in [1.807, 2.05) is 11.4 Å². The first-order chi connectivity index (χ1) is 9.83. The Morgan fingerprint density at radius 2 is 2.15 bits per heavy atom. The van der Waals surface area contributed by atoms with Gasteiger partial charge >= 0.3 is 0 Å². The van der Waals surface area contributed by atoms with Crippen molar-refractivity contribution in [3.05, 3.63) is 44.8 Å². The summed E-state index contributed by atoms with van der Waals surface area (Å²) in [6.45, 7) is 2.18. The van der Waals surface area contributed by atoms with Crippen LogP contribution in [-0.2, 0) is 11.3 Å². The molecule has 1 N–H and O–H groups in total. The molecule has 2 aromatic rings. The van der Waals surface area contributed by atoms with Crippen molar-refractivity contribution >= 4 is 28.6 Å². The Morgan fingerprint density at radius 1 is 1.30 bits per heavy atom. The number of hydrogen-bond donors (Lipinski definition) is 1. The summed E-state index contributed by atoms with van der Waals surface area (Å²) in [5, 5.41) is 7.16. The van der Waals surface area contributed by atoms with Gasteiger partial charge in [-0.1, -0.05) is 12.1 Å². The monoisotopic (exact) mass is 306 g/mol. The van der Waals surface area contributed by atoms with E-state index in [2.05, 4.69) is 33.8 Å². The molecular weight excluding hydrogens is 288 g/mol. The number of nitrogens with zero attached hydrogens (tertiary/aromatic N) is 1. The molecule has 3 nitrogen and oxygen atoms in total. The highest BCUT2D eigenvalue weighted by molar-refractivity contribution is 7.10. The fraction of sp³-hybridized carbons (Fsp3) is 0.400. The quantitative estimate of drug-likeness (QED) is 0.919. The number of rotatable bonds is 5. The molecule has 3 heterocycles. The van der Waals surface area contributed by atoms with E-state index >= 15 is 0 Å². The molecule has 0 spiro atoms. The molecule has 0 bridgehead atoms. The molecule has 1 saturated heterocycles. The van der Waals surface area contributed by atoms with Crippen molar-refractivity contribution in [3.63, 3.8) is 0 Å². The zero-order chi connectivity index (χ0) is 13.8. The predicted molar refractivity (Wildman–Crippen MR) is 84.0 cm³/mol. The van der Waals surface area contributed by atoms with E-state index in [4.69, 9.17) is 0 Å². The van der Waals surface area contributed by atoms with E-state index in [0.717, 1.165) is 6.54 Å². The molecule has 5 heteroatoms. The molecule has 1 aliphatic heterocycles. The molecule has 1 fully saturated rings. The largest absolute Gasteiger partial charge is 0.350 e. The van der Waals surface area contributed by atoms with Crippen molar-refractivity contribution in [2.24, 2.45) is 0 Å². The normalized spacial score (nSPS) is 19.3. The van der Waals surface area contributed by atoms with Gasteiger partial charge < -0.3 is 5.32 Å². The zero-order valence-electron chi connectivity index (χ0n) is 11.2. The second-order valence-corrected chi connectivity index (χ2v) is 7.01. The maximum absolute atomic E-state index is 12.1. The van der Waals surface area contributed by atoms with Crippen LogP contribution in [0.4, 0.5) is 0 Å². The Hall–Kier alpha value is -1.17. The molecule has 0 aliphatic carbocycles. The van der Waals surface area contributed by atoms with Gasteiger partial charge in [-0.3, -0.25) is 9.69 Å². The molecule has 3 rings (SSSR count). The summed E-state index contributed by atoms with van der Waals surface area (Å²) < 4.78 is 0. The maximum Gasteiger partial charge on any atom is 0.234 e. The minimum absolute atomic E-state index is 0.127. The molecule has 0 radical (unpaired) electrons. The summed E-state index contributed by atoms with van der Waals surface area (Å²) in [4.78, 5) is 17.0. The lowest BCUT2D eigenvalue weighted by Crippen LogP contribution is -2.36. The highest BCUT2D eigenvalue weighted by Crippen LogP contribution is 2.33. The summed E-state index contributed by atoms with van der Waals surface area (Å²) in [5.74, 6) is 0.127. The number of carbonyl (C=O) groups is 1. The van der Waals surface area contributed by atoms with E-state index in [-0.39, 0.29) is 5.91 Å². The average Bonchev–Trinajstić information content (AvgIpc) is 3.18. The lowest BCUT2D eigenvalue weighted by atomic mass is 10.2. The van der Waals surface area contributed by atoms with Crippen molar-refractivity contribution in [1.29, 1.82) is 0 Å². The van der Waals surface area contributed by atoms with Crippen LogP contribution in [0.15, 0.2) is 35.0 Å². The molecule has 1 unspecified atom stereocenters. The highest BCUT2D eigenvalue weighted by Gasteiger charge is 2.27. The van der Waals surface area contributed by atoms with Gasteiger partial charge in [-0.05, 0) is 42.3 Å². The van der Waals surface area contributed by atoms with Crippen molar-refractivity contribution in [3.8, 4) is 0 Å². The molecule has 0 aromatic carbocycles. The van der Waals surface area contributed by atoms with Crippen LogP contribution >= 0.6 is 22.7 Å². The van der Waals surface area contributed by atoms with E-state index < -0.39 is 0 Å². The molecule has 106 valence electrons. The van der Waals surface area contributed by atoms with E-state index in [0.29, 0.717) is 19.1 Å². The van der Waals surface area contributed by atoms with Crippen LogP contribution < -0.4 is 5.32 Å². The Kier molecular flexibility index (Phi) is 4.50. The van der Waals surface area contributed by atoms with Crippen molar-refractivity contribution in [2.45, 2.75) is 25.4 Å². The van der Waals surface area contributed by atoms with Crippen molar-refractivity contribution in [2.75, 3.05) is 13.1 Å². The van der Waals surface area contributed by atoms with E-state index in [1.165, 1.54) is 22.6 Å². The van der Waals surface area contributed by atoms with E-state index in [1.54, 1.807) is 22.7 Å². The van der Waals surface area contributed by atoms with Gasteiger partial charge in [0, 0.05) is 15.8 Å². The van der Waals surface area contributed by atoms with Gasteiger partial charge in [-0.15, -0.1) is 22.7 Å². The molecule has 20 heavy (non-hydrogen) atoms. The van der Waals surface area contributed by atoms with Crippen molar-refractivity contribution in [1.82, 2.24) is 10.2 Å². The van der Waals surface area contributed by atoms with Crippen LogP contribution in [0.2, 0.25) is 0 Å². The van der Waals surface area contributed by atoms with Gasteiger partial charge in [0.25, 0.3) is 0 Å². The number of hydrogen-bond acceptors (Lipinski definition) is 4. The van der Waals surface area contributed by atoms with Crippen LogP contribution in [0.3, 0.4) is 0 Å². The molecule has 1 atom stereocenters. The van der Waals surface area contributed by atoms with Gasteiger partial charge in [0.15, 0.2) is 0 Å². The average molecular weight is 306 g/mol. The molecule has 1 aliphatic rings. The van der Waals surface area contributed by atoms with E-state index in [9.17, 15) is 4.79 Å². The number of amides is 1. The van der Waals surface area contributed by atoms with Gasteiger partial charge in [0.1, 0.15) is 0 Å². The smallest absolute Gasteiger partial charge is 0.234 e. The van der Waals surface area contributed by atoms with Gasteiger partial charge in [0.05, 0.1) is 13.1 Å². The zero-order valence-corrected chi connectivity index (χ0v) is 12.9. The Bertz CT molecular complexity index is 536. The SMILES string of the molecule is O=C(CN1CCCC1c1cccs1)NCc1cccs1. The first-order valence-corrected chi connectivity index (χ1v) is 8.65. The summed E-state index contributed by atoms with van der Waals surface area (Å²) >= 11 is 3.47. The fourth-order valence-corrected chi connectivity index (χ4v) is 4.20. The molecule has 2 aromatic heterocycles. The van der Waals surface area contributed by atoms with Crippen LogP contribution in [0, 0.1) is 0 Å². The van der Waals surface area contributed by atoms with Crippen LogP contribution in [0.1, 0.15) is 28.6 Å². The minimum Gasteiger partial charge on any atom is -0.350 e. The second-order valence-electron chi connectivity index (χ2n) is 5.00. The second kappa shape index (κ2) is 6.52. The third-order valence-corrected chi connectivity index (χ3v) is 5.47. The van der Waals surface area contributed by atoms with Crippen LogP contribution in [-0.4, -0.2) is 23.9 Å². The van der Waals surface area contributed by atoms with Gasteiger partial charge in [-0.25, -0.2) is 0 Å². The molecule has 1 amide bonds. The topological polar surface area (TPSA) is 32.3 Å². The minimum atomic E-state index is 0.127. The maximum atomic E-state index is 12.1. The summed E-state index contributed by atoms with van der Waals surface area (Å²) in [5.41, 5.74) is 0. The summed E-state index contributed by atoms with van der Waals surface area (Å²) in [6, 6.07) is 8.77. The standard InChI is InChI=1S/C15H18N2OS2/c18-15(16-10-12-4-2-8-19-12)11-17-7-1-5-13(17)14-6-3-9-20-14/h2-4,6,8-9,13H,1,5,7,10-11H2,(H,16,18). The first kappa shape index (κ1) is 13.8. The molecule has 0 saturated carbocycles. The predicted octanol–water partition coefficient (Wildman–Crippen LogP) is 3.26. The van der Waals surface area contributed by atoms with Gasteiger partial charge in [0.2, 0.25) is 5.91 Å². The number of thiophene rings is 2. The molecular formula is C15H18N2OS2. The third-order valence-electron chi connectivity index (χ3n) is 3.62. The number of carbonyl (C=O) groups excluding carboxylic acids is 1. The fourth-order valence-electron chi connectivity index (χ4n) is 2.66. The van der Waals surface area contributed by atoms with Gasteiger partial charge in [-0.2, -0.15) is 0 Å². The lowest BCUT2D eigenvalue weighted by Gasteiger charge is -2.22. The lowest BCUT2D eigenvalue weighted by molar-refractivity contribution is -0.122. The summed E-state index contributed by atoms with van der Waals surface area (Å²) in [6.07, 6.45) is 2.35. The number of likely N-dealkylation sites (tertiary alicyclic amines) is 1. The first-order valence-electron chi connectivity index (χ1n) is 6.89. The Morgan fingerprint density at radius 3 is 2.90 bits per heavy atom. The van der Waals surface area contributed by atoms with Crippen LogP contribution in [0.5, 0.6) is 0 Å². The Labute approximate surface area is 127 Å². The number of nitrogens with one attached hydrogen (secondary N) is 1. The Balaban J connectivity index is 1.52. The third kappa shape index (κ3) is 3.29.